The van der Waals surface area contributed by atoms with Crippen LogP contribution in [0.5, 0.6) is 0 Å². The summed E-state index contributed by atoms with van der Waals surface area (Å²) in [5.74, 6) is 0. The molecule has 2 aromatic heterocycles. The highest BCUT2D eigenvalue weighted by Crippen LogP contribution is 2.13. The second-order valence-electron chi connectivity index (χ2n) is 3.68. The molecular weight excluding hydrogens is 202 g/mol. The number of nitrogens with one attached hydrogen (secondary N) is 1. The smallest absolute Gasteiger partial charge is 0.0846 e. The first-order valence-electron chi connectivity index (χ1n) is 5.23. The molecule has 5 nitrogen and oxygen atoms in total. The number of pyridine rings is 1. The fourth-order valence-corrected chi connectivity index (χ4v) is 1.63. The Morgan fingerprint density at radius 2 is 2.31 bits per heavy atom. The van der Waals surface area contributed by atoms with Crippen LogP contribution in [0.4, 0.5) is 0 Å². The van der Waals surface area contributed by atoms with E-state index in [9.17, 15) is 0 Å². The normalized spacial score (nSPS) is 12.6. The van der Waals surface area contributed by atoms with Gasteiger partial charge in [-0.05, 0) is 19.2 Å². The highest BCUT2D eigenvalue weighted by atomic mass is 15.4. The summed E-state index contributed by atoms with van der Waals surface area (Å²) in [5.41, 5.74) is 1.99. The quantitative estimate of drug-likeness (QED) is 0.819. The van der Waals surface area contributed by atoms with Crippen molar-refractivity contribution in [1.82, 2.24) is 25.3 Å². The van der Waals surface area contributed by atoms with Crippen LogP contribution in [0.1, 0.15) is 17.4 Å². The lowest BCUT2D eigenvalue weighted by atomic mass is 10.1. The first-order valence-corrected chi connectivity index (χ1v) is 5.23. The van der Waals surface area contributed by atoms with E-state index in [1.807, 2.05) is 38.5 Å². The van der Waals surface area contributed by atoms with Crippen molar-refractivity contribution in [2.45, 2.75) is 12.5 Å². The molecule has 2 rings (SSSR count). The van der Waals surface area contributed by atoms with Crippen molar-refractivity contribution < 1.29 is 0 Å². The standard InChI is InChI=1S/C11H15N5/c1-12-11(10-5-3-4-6-13-10)7-9-8-16(2)15-14-9/h3-6,8,11-12H,7H2,1-2H3. The van der Waals surface area contributed by atoms with E-state index in [0.717, 1.165) is 17.8 Å². The summed E-state index contributed by atoms with van der Waals surface area (Å²) in [6, 6.07) is 6.09. The van der Waals surface area contributed by atoms with Gasteiger partial charge in [0.2, 0.25) is 0 Å². The van der Waals surface area contributed by atoms with Gasteiger partial charge in [-0.1, -0.05) is 11.3 Å². The molecule has 0 aromatic carbocycles. The molecule has 1 N–H and O–H groups in total. The molecule has 0 spiro atoms. The third-order valence-electron chi connectivity index (χ3n) is 2.46. The van der Waals surface area contributed by atoms with Crippen molar-refractivity contribution in [1.29, 1.82) is 0 Å². The lowest BCUT2D eigenvalue weighted by Gasteiger charge is -2.13. The first kappa shape index (κ1) is 10.8. The van der Waals surface area contributed by atoms with Crippen molar-refractivity contribution in [3.63, 3.8) is 0 Å². The third-order valence-corrected chi connectivity index (χ3v) is 2.46. The molecule has 0 aliphatic carbocycles. The Bertz CT molecular complexity index is 437. The fraction of sp³-hybridized carbons (Fsp3) is 0.364. The summed E-state index contributed by atoms with van der Waals surface area (Å²) < 4.78 is 1.71. The minimum absolute atomic E-state index is 0.179. The second-order valence-corrected chi connectivity index (χ2v) is 3.68. The number of likely N-dealkylation sites (N-methyl/N-ethyl adjacent to an activating group) is 1. The van der Waals surface area contributed by atoms with Gasteiger partial charge in [0.1, 0.15) is 0 Å². The minimum Gasteiger partial charge on any atom is -0.311 e. The summed E-state index contributed by atoms with van der Waals surface area (Å²) in [6.07, 6.45) is 4.52. The number of aromatic nitrogens is 4. The molecule has 0 radical (unpaired) electrons. The van der Waals surface area contributed by atoms with Crippen LogP contribution >= 0.6 is 0 Å². The van der Waals surface area contributed by atoms with Crippen molar-refractivity contribution in [2.24, 2.45) is 7.05 Å². The molecule has 0 aliphatic rings. The number of aryl methyl sites for hydroxylation is 1. The van der Waals surface area contributed by atoms with Crippen LogP contribution in [0.15, 0.2) is 30.6 Å². The van der Waals surface area contributed by atoms with Gasteiger partial charge in [-0.15, -0.1) is 5.10 Å². The molecule has 16 heavy (non-hydrogen) atoms. The van der Waals surface area contributed by atoms with Gasteiger partial charge >= 0.3 is 0 Å². The Balaban J connectivity index is 2.12. The van der Waals surface area contributed by atoms with E-state index in [0.29, 0.717) is 0 Å². The van der Waals surface area contributed by atoms with E-state index in [4.69, 9.17) is 0 Å². The van der Waals surface area contributed by atoms with Crippen LogP contribution in [0.25, 0.3) is 0 Å². The zero-order valence-electron chi connectivity index (χ0n) is 9.46. The van der Waals surface area contributed by atoms with E-state index in [1.54, 1.807) is 10.9 Å². The fourth-order valence-electron chi connectivity index (χ4n) is 1.63. The number of rotatable bonds is 4. The molecular formula is C11H15N5. The predicted molar refractivity (Wildman–Crippen MR) is 60.7 cm³/mol. The van der Waals surface area contributed by atoms with E-state index >= 15 is 0 Å². The Hall–Kier alpha value is -1.75. The van der Waals surface area contributed by atoms with Gasteiger partial charge in [0.15, 0.2) is 0 Å². The molecule has 0 aliphatic heterocycles. The Labute approximate surface area is 94.5 Å². The van der Waals surface area contributed by atoms with Crippen molar-refractivity contribution >= 4 is 0 Å². The van der Waals surface area contributed by atoms with Crippen LogP contribution in [0.2, 0.25) is 0 Å². The lowest BCUT2D eigenvalue weighted by Crippen LogP contribution is -2.20. The molecule has 5 heteroatoms. The van der Waals surface area contributed by atoms with Gasteiger partial charge in [-0.2, -0.15) is 0 Å². The summed E-state index contributed by atoms with van der Waals surface area (Å²) >= 11 is 0. The topological polar surface area (TPSA) is 55.6 Å². The summed E-state index contributed by atoms with van der Waals surface area (Å²) in [7, 11) is 3.79. The predicted octanol–water partition coefficient (Wildman–Crippen LogP) is 0.713. The van der Waals surface area contributed by atoms with Crippen molar-refractivity contribution in [3.05, 3.63) is 42.0 Å². The Kier molecular flexibility index (Phi) is 3.26. The average molecular weight is 217 g/mol. The van der Waals surface area contributed by atoms with Crippen LogP contribution in [-0.4, -0.2) is 27.0 Å². The van der Waals surface area contributed by atoms with Crippen molar-refractivity contribution in [2.75, 3.05) is 7.05 Å². The molecule has 0 amide bonds. The number of hydrogen-bond acceptors (Lipinski definition) is 4. The highest BCUT2D eigenvalue weighted by Gasteiger charge is 2.12. The zero-order chi connectivity index (χ0) is 11.4. The summed E-state index contributed by atoms with van der Waals surface area (Å²) in [5, 5.41) is 11.2. The average Bonchev–Trinajstić information content (AvgIpc) is 2.73. The maximum absolute atomic E-state index is 4.34. The maximum Gasteiger partial charge on any atom is 0.0846 e. The van der Waals surface area contributed by atoms with Gasteiger partial charge in [0.05, 0.1) is 17.4 Å². The van der Waals surface area contributed by atoms with E-state index in [2.05, 4.69) is 20.6 Å². The second kappa shape index (κ2) is 4.85. The van der Waals surface area contributed by atoms with Gasteiger partial charge in [0, 0.05) is 25.9 Å². The van der Waals surface area contributed by atoms with Crippen LogP contribution in [-0.2, 0) is 13.5 Å². The molecule has 1 unspecified atom stereocenters. The molecule has 0 saturated carbocycles. The molecule has 1 atom stereocenters. The van der Waals surface area contributed by atoms with Crippen LogP contribution in [0.3, 0.4) is 0 Å². The molecule has 0 saturated heterocycles. The van der Waals surface area contributed by atoms with Gasteiger partial charge in [-0.25, -0.2) is 0 Å². The number of nitrogens with zero attached hydrogens (tertiary/aromatic N) is 4. The Morgan fingerprint density at radius 3 is 2.88 bits per heavy atom. The van der Waals surface area contributed by atoms with Gasteiger partial charge < -0.3 is 5.32 Å². The lowest BCUT2D eigenvalue weighted by molar-refractivity contribution is 0.568. The summed E-state index contributed by atoms with van der Waals surface area (Å²) in [6.45, 7) is 0. The van der Waals surface area contributed by atoms with E-state index in [-0.39, 0.29) is 6.04 Å². The van der Waals surface area contributed by atoms with Crippen LogP contribution in [0, 0.1) is 0 Å². The molecule has 84 valence electrons. The minimum atomic E-state index is 0.179. The largest absolute Gasteiger partial charge is 0.311 e. The first-order chi connectivity index (χ1) is 7.79. The molecule has 0 fully saturated rings. The maximum atomic E-state index is 4.34. The zero-order valence-corrected chi connectivity index (χ0v) is 9.46. The van der Waals surface area contributed by atoms with E-state index in [1.165, 1.54) is 0 Å². The van der Waals surface area contributed by atoms with Gasteiger partial charge in [0.25, 0.3) is 0 Å². The van der Waals surface area contributed by atoms with Crippen LogP contribution < -0.4 is 5.32 Å². The highest BCUT2D eigenvalue weighted by molar-refractivity contribution is 5.11. The van der Waals surface area contributed by atoms with Crippen molar-refractivity contribution in [3.8, 4) is 0 Å². The van der Waals surface area contributed by atoms with E-state index < -0.39 is 0 Å². The summed E-state index contributed by atoms with van der Waals surface area (Å²) in [4.78, 5) is 4.34. The molecule has 0 bridgehead atoms. The Morgan fingerprint density at radius 1 is 1.44 bits per heavy atom. The third kappa shape index (κ3) is 2.43. The number of hydrogen-bond donors (Lipinski definition) is 1. The van der Waals surface area contributed by atoms with Gasteiger partial charge in [-0.3, -0.25) is 9.67 Å². The monoisotopic (exact) mass is 217 g/mol. The SMILES string of the molecule is CNC(Cc1cn(C)nn1)c1ccccn1. The molecule has 2 heterocycles. The molecule has 2 aromatic rings.